The zero-order valence-electron chi connectivity index (χ0n) is 16.2. The molecule has 0 aliphatic heterocycles. The van der Waals surface area contributed by atoms with Crippen LogP contribution >= 0.6 is 22.4 Å². The molecule has 0 heterocycles. The molecule has 0 rings (SSSR count). The Hall–Kier alpha value is 1.19. The molecule has 0 aromatic heterocycles. The highest BCUT2D eigenvalue weighted by Gasteiger charge is 2.30. The van der Waals surface area contributed by atoms with Gasteiger partial charge in [-0.2, -0.15) is 22.4 Å². The zero-order valence-corrected chi connectivity index (χ0v) is 20.8. The number of rotatable bonds is 14. The molecule has 0 saturated heterocycles. The molecule has 0 spiro atoms. The molecule has 0 fully saturated rings. The standard InChI is InChI=1S/C14H36O4S2Si3/c1-15-22(7,16-2)13-9-11-19-21(5,6)20-12-10-14-23(8,17-3)18-4/h9-14H2,1-8H3. The Morgan fingerprint density at radius 2 is 0.913 bits per heavy atom. The lowest BCUT2D eigenvalue weighted by atomic mass is 10.6. The van der Waals surface area contributed by atoms with Gasteiger partial charge in [0.25, 0.3) is 0 Å². The van der Waals surface area contributed by atoms with Crippen LogP contribution in [-0.2, 0) is 17.7 Å². The van der Waals surface area contributed by atoms with Crippen LogP contribution in [0.15, 0.2) is 0 Å². The molecule has 0 atom stereocenters. The topological polar surface area (TPSA) is 36.9 Å². The molecule has 9 heteroatoms. The average molecular weight is 417 g/mol. The van der Waals surface area contributed by atoms with Crippen LogP contribution in [-0.4, -0.2) is 63.4 Å². The molecule has 0 amide bonds. The van der Waals surface area contributed by atoms with E-state index in [-0.39, 0.29) is 0 Å². The van der Waals surface area contributed by atoms with Gasteiger partial charge in [0.15, 0.2) is 6.37 Å². The minimum absolute atomic E-state index is 1.08. The lowest BCUT2D eigenvalue weighted by Gasteiger charge is -2.25. The Morgan fingerprint density at radius 1 is 0.609 bits per heavy atom. The summed E-state index contributed by atoms with van der Waals surface area (Å²) in [5.41, 5.74) is 0. The van der Waals surface area contributed by atoms with Crippen molar-refractivity contribution in [1.29, 1.82) is 0 Å². The fourth-order valence-corrected chi connectivity index (χ4v) is 13.3. The molecule has 0 N–H and O–H groups in total. The summed E-state index contributed by atoms with van der Waals surface area (Å²) in [4.78, 5) is 0. The van der Waals surface area contributed by atoms with E-state index in [1.807, 2.05) is 0 Å². The minimum Gasteiger partial charge on any atom is -0.398 e. The van der Waals surface area contributed by atoms with Crippen LogP contribution in [0.3, 0.4) is 0 Å². The van der Waals surface area contributed by atoms with Gasteiger partial charge in [0, 0.05) is 28.4 Å². The van der Waals surface area contributed by atoms with E-state index in [4.69, 9.17) is 17.7 Å². The van der Waals surface area contributed by atoms with Crippen LogP contribution in [0.1, 0.15) is 12.8 Å². The van der Waals surface area contributed by atoms with Crippen molar-refractivity contribution in [3.63, 3.8) is 0 Å². The predicted molar refractivity (Wildman–Crippen MR) is 113 cm³/mol. The van der Waals surface area contributed by atoms with Gasteiger partial charge in [0.1, 0.15) is 0 Å². The van der Waals surface area contributed by atoms with E-state index in [1.54, 1.807) is 28.4 Å². The first-order valence-corrected chi connectivity index (χ1v) is 19.6. The van der Waals surface area contributed by atoms with Gasteiger partial charge in [0.05, 0.1) is 0 Å². The molecule has 0 saturated carbocycles. The summed E-state index contributed by atoms with van der Waals surface area (Å²) in [6.07, 6.45) is 1.13. The predicted octanol–water partition coefficient (Wildman–Crippen LogP) is 4.66. The highest BCUT2D eigenvalue weighted by Crippen LogP contribution is 2.34. The summed E-state index contributed by atoms with van der Waals surface area (Å²) in [7, 11) is 3.32. The second-order valence-electron chi connectivity index (χ2n) is 6.39. The summed E-state index contributed by atoms with van der Waals surface area (Å²) in [5.74, 6) is 2.42. The maximum absolute atomic E-state index is 5.55. The van der Waals surface area contributed by atoms with Gasteiger partial charge in [-0.3, -0.25) is 0 Å². The zero-order chi connectivity index (χ0) is 18.0. The maximum Gasteiger partial charge on any atom is 0.334 e. The van der Waals surface area contributed by atoms with Gasteiger partial charge in [-0.05, 0) is 49.5 Å². The van der Waals surface area contributed by atoms with Crippen LogP contribution in [0.2, 0.25) is 38.3 Å². The fourth-order valence-electron chi connectivity index (χ4n) is 2.04. The Morgan fingerprint density at radius 3 is 1.17 bits per heavy atom. The van der Waals surface area contributed by atoms with Gasteiger partial charge in [0.2, 0.25) is 0 Å². The van der Waals surface area contributed by atoms with Crippen molar-refractivity contribution in [2.24, 2.45) is 0 Å². The molecule has 140 valence electrons. The molecule has 0 aliphatic carbocycles. The van der Waals surface area contributed by atoms with E-state index in [0.717, 1.165) is 12.1 Å². The molecule has 4 nitrogen and oxygen atoms in total. The van der Waals surface area contributed by atoms with Crippen LogP contribution < -0.4 is 0 Å². The minimum atomic E-state index is -1.88. The summed E-state index contributed by atoms with van der Waals surface area (Å²) in [6.45, 7) is 9.19. The molecule has 23 heavy (non-hydrogen) atoms. The van der Waals surface area contributed by atoms with Crippen molar-refractivity contribution >= 4 is 45.9 Å². The van der Waals surface area contributed by atoms with Gasteiger partial charge in [-0.1, -0.05) is 13.1 Å². The summed E-state index contributed by atoms with van der Waals surface area (Å²) >= 11 is 4.34. The highest BCUT2D eigenvalue weighted by molar-refractivity contribution is 8.58. The molecule has 0 unspecified atom stereocenters. The highest BCUT2D eigenvalue weighted by atomic mass is 32.6. The van der Waals surface area contributed by atoms with E-state index >= 15 is 0 Å². The third kappa shape index (κ3) is 10.7. The number of hydrogen-bond acceptors (Lipinski definition) is 6. The first kappa shape index (κ1) is 24.2. The van der Waals surface area contributed by atoms with E-state index < -0.39 is 23.5 Å². The van der Waals surface area contributed by atoms with Crippen LogP contribution in [0.5, 0.6) is 0 Å². The Balaban J connectivity index is 3.93. The maximum atomic E-state index is 5.55. The van der Waals surface area contributed by atoms with Crippen molar-refractivity contribution in [3.05, 3.63) is 0 Å². The Kier molecular flexibility index (Phi) is 12.3. The normalized spacial score (nSPS) is 13.6. The summed E-state index contributed by atoms with van der Waals surface area (Å²) in [6, 6.07) is 2.15. The Bertz CT molecular complexity index is 286. The first-order chi connectivity index (χ1) is 10.7. The van der Waals surface area contributed by atoms with Crippen molar-refractivity contribution in [3.8, 4) is 0 Å². The average Bonchev–Trinajstić information content (AvgIpc) is 2.55. The van der Waals surface area contributed by atoms with Gasteiger partial charge < -0.3 is 17.7 Å². The van der Waals surface area contributed by atoms with Gasteiger partial charge >= 0.3 is 17.1 Å². The number of hydrogen-bond donors (Lipinski definition) is 0. The van der Waals surface area contributed by atoms with Crippen molar-refractivity contribution in [2.75, 3.05) is 39.9 Å². The van der Waals surface area contributed by atoms with Crippen LogP contribution in [0, 0.1) is 0 Å². The molecular weight excluding hydrogens is 381 g/mol. The van der Waals surface area contributed by atoms with E-state index in [0.29, 0.717) is 0 Å². The smallest absolute Gasteiger partial charge is 0.334 e. The summed E-state index contributed by atoms with van der Waals surface area (Å²) < 4.78 is 22.2. The molecular formula is C14H36O4S2Si3. The van der Waals surface area contributed by atoms with Crippen LogP contribution in [0.4, 0.5) is 0 Å². The first-order valence-electron chi connectivity index (χ1n) is 8.14. The van der Waals surface area contributed by atoms with Gasteiger partial charge in [-0.15, -0.1) is 0 Å². The lowest BCUT2D eigenvalue weighted by Crippen LogP contribution is -2.36. The third-order valence-electron chi connectivity index (χ3n) is 4.18. The fraction of sp³-hybridized carbons (Fsp3) is 1.00. The molecule has 0 aliphatic rings. The van der Waals surface area contributed by atoms with E-state index in [1.165, 1.54) is 24.3 Å². The molecule has 0 aromatic rings. The molecule has 0 bridgehead atoms. The van der Waals surface area contributed by atoms with Crippen molar-refractivity contribution < 1.29 is 17.7 Å². The largest absolute Gasteiger partial charge is 0.398 e. The Labute approximate surface area is 154 Å². The second-order valence-corrected chi connectivity index (χ2v) is 26.4. The van der Waals surface area contributed by atoms with Crippen molar-refractivity contribution in [2.45, 2.75) is 51.1 Å². The van der Waals surface area contributed by atoms with Gasteiger partial charge in [-0.25, -0.2) is 0 Å². The SMILES string of the molecule is CO[Si](C)(CCCS[Si](C)(C)SCCC[Si](C)(OC)OC)OC. The third-order valence-corrected chi connectivity index (χ3v) is 20.0. The van der Waals surface area contributed by atoms with Crippen molar-refractivity contribution in [1.82, 2.24) is 0 Å². The molecule has 0 aromatic carbocycles. The van der Waals surface area contributed by atoms with E-state index in [9.17, 15) is 0 Å². The monoisotopic (exact) mass is 416 g/mol. The van der Waals surface area contributed by atoms with E-state index in [2.05, 4.69) is 48.6 Å². The second kappa shape index (κ2) is 11.7. The molecule has 0 radical (unpaired) electrons. The van der Waals surface area contributed by atoms with Crippen LogP contribution in [0.25, 0.3) is 0 Å². The summed E-state index contributed by atoms with van der Waals surface area (Å²) in [5, 5.41) is 0. The quantitative estimate of drug-likeness (QED) is 0.303. The lowest BCUT2D eigenvalue weighted by molar-refractivity contribution is 0.249.